The molecule has 0 saturated heterocycles. The fourth-order valence-corrected chi connectivity index (χ4v) is 2.03. The number of hydrogen-bond donors (Lipinski definition) is 4. The number of para-hydroxylation sites is 1. The van der Waals surface area contributed by atoms with Crippen LogP contribution in [0.25, 0.3) is 10.9 Å². The van der Waals surface area contributed by atoms with Crippen LogP contribution < -0.4 is 11.0 Å². The van der Waals surface area contributed by atoms with E-state index in [0.29, 0.717) is 16.5 Å². The quantitative estimate of drug-likeness (QED) is 0.326. The molecular weight excluding hydrogens is 312 g/mol. The number of H-pyrrole nitrogens is 1. The summed E-state index contributed by atoms with van der Waals surface area (Å²) in [5, 5.41) is 22.7. The third kappa shape index (κ3) is 3.07. The first-order valence-corrected chi connectivity index (χ1v) is 6.89. The molecule has 4 N–H and O–H groups in total. The zero-order valence-corrected chi connectivity index (χ0v) is 12.2. The van der Waals surface area contributed by atoms with Gasteiger partial charge >= 0.3 is 5.91 Å². The summed E-state index contributed by atoms with van der Waals surface area (Å²) >= 11 is 0. The molecule has 3 rings (SSSR count). The van der Waals surface area contributed by atoms with E-state index in [1.165, 1.54) is 24.4 Å². The van der Waals surface area contributed by atoms with Gasteiger partial charge in [0.2, 0.25) is 5.82 Å². The fraction of sp³-hybridized carbons (Fsp3) is 0. The van der Waals surface area contributed by atoms with Crippen LogP contribution in [0.4, 0.5) is 0 Å². The molecule has 2 aromatic carbocycles. The van der Waals surface area contributed by atoms with Crippen LogP contribution in [0.3, 0.4) is 0 Å². The minimum absolute atomic E-state index is 0.163. The molecule has 0 bridgehead atoms. The van der Waals surface area contributed by atoms with Crippen LogP contribution >= 0.6 is 0 Å². The number of nitrogens with zero attached hydrogens (tertiary/aromatic N) is 2. The van der Waals surface area contributed by atoms with E-state index in [1.807, 2.05) is 0 Å². The van der Waals surface area contributed by atoms with Gasteiger partial charge in [0.15, 0.2) is 11.5 Å². The van der Waals surface area contributed by atoms with Gasteiger partial charge in [0, 0.05) is 0 Å². The lowest BCUT2D eigenvalue weighted by Crippen LogP contribution is -2.24. The van der Waals surface area contributed by atoms with E-state index >= 15 is 0 Å². The Kier molecular flexibility index (Phi) is 3.94. The molecule has 24 heavy (non-hydrogen) atoms. The normalized spacial score (nSPS) is 11.0. The molecule has 0 fully saturated rings. The Morgan fingerprint density at radius 2 is 1.96 bits per heavy atom. The van der Waals surface area contributed by atoms with Gasteiger partial charge in [0.1, 0.15) is 0 Å². The molecule has 8 heteroatoms. The molecule has 8 nitrogen and oxygen atoms in total. The molecule has 1 amide bonds. The van der Waals surface area contributed by atoms with Gasteiger partial charge in [-0.1, -0.05) is 12.1 Å². The first-order chi connectivity index (χ1) is 11.5. The summed E-state index contributed by atoms with van der Waals surface area (Å²) < 4.78 is 0. The Morgan fingerprint density at radius 3 is 2.75 bits per heavy atom. The van der Waals surface area contributed by atoms with E-state index in [4.69, 9.17) is 0 Å². The number of amides is 1. The summed E-state index contributed by atoms with van der Waals surface area (Å²) in [7, 11) is 0. The third-order valence-electron chi connectivity index (χ3n) is 3.21. The number of aromatic hydroxyl groups is 2. The van der Waals surface area contributed by atoms with Crippen molar-refractivity contribution in [2.24, 2.45) is 5.10 Å². The molecule has 120 valence electrons. The number of nitrogens with one attached hydrogen (secondary N) is 2. The zero-order chi connectivity index (χ0) is 17.1. The first-order valence-electron chi connectivity index (χ1n) is 6.89. The minimum Gasteiger partial charge on any atom is -0.504 e. The van der Waals surface area contributed by atoms with Crippen LogP contribution in [0.5, 0.6) is 11.5 Å². The summed E-state index contributed by atoms with van der Waals surface area (Å²) in [6.45, 7) is 0. The highest BCUT2D eigenvalue weighted by molar-refractivity contribution is 5.93. The van der Waals surface area contributed by atoms with E-state index in [1.54, 1.807) is 24.3 Å². The van der Waals surface area contributed by atoms with E-state index in [0.717, 1.165) is 0 Å². The largest absolute Gasteiger partial charge is 0.504 e. The molecule has 0 radical (unpaired) electrons. The molecule has 0 unspecified atom stereocenters. The number of aromatic amines is 1. The van der Waals surface area contributed by atoms with Crippen molar-refractivity contribution in [2.75, 3.05) is 0 Å². The van der Waals surface area contributed by atoms with Crippen molar-refractivity contribution < 1.29 is 15.0 Å². The average Bonchev–Trinajstić information content (AvgIpc) is 2.58. The number of carbonyl (C=O) groups is 1. The summed E-state index contributed by atoms with van der Waals surface area (Å²) in [6.07, 6.45) is 1.27. The Hall–Kier alpha value is -3.68. The molecule has 0 aliphatic carbocycles. The molecule has 1 heterocycles. The second-order valence-corrected chi connectivity index (χ2v) is 4.88. The van der Waals surface area contributed by atoms with Crippen LogP contribution in [0, 0.1) is 0 Å². The zero-order valence-electron chi connectivity index (χ0n) is 12.2. The van der Waals surface area contributed by atoms with Gasteiger partial charge < -0.3 is 15.2 Å². The second-order valence-electron chi connectivity index (χ2n) is 4.88. The van der Waals surface area contributed by atoms with Gasteiger partial charge in [-0.3, -0.25) is 9.59 Å². The number of fused-ring (bicyclic) bond motifs is 1. The van der Waals surface area contributed by atoms with Crippen LogP contribution in [-0.4, -0.2) is 32.3 Å². The van der Waals surface area contributed by atoms with Crippen molar-refractivity contribution in [3.8, 4) is 11.5 Å². The monoisotopic (exact) mass is 324 g/mol. The lowest BCUT2D eigenvalue weighted by Gasteiger charge is -2.02. The van der Waals surface area contributed by atoms with Gasteiger partial charge in [-0.25, -0.2) is 10.4 Å². The van der Waals surface area contributed by atoms with Crippen molar-refractivity contribution in [3.05, 3.63) is 64.2 Å². The Balaban J connectivity index is 1.78. The number of carbonyl (C=O) groups excluding carboxylic acids is 1. The lowest BCUT2D eigenvalue weighted by atomic mass is 10.2. The molecular formula is C16H12N4O4. The number of rotatable bonds is 3. The number of hydrazone groups is 1. The highest BCUT2D eigenvalue weighted by atomic mass is 16.3. The van der Waals surface area contributed by atoms with Crippen molar-refractivity contribution in [1.29, 1.82) is 0 Å². The summed E-state index contributed by atoms with van der Waals surface area (Å²) in [5.74, 6) is -1.40. The number of phenols is 2. The Morgan fingerprint density at radius 1 is 1.17 bits per heavy atom. The smallest absolute Gasteiger partial charge is 0.307 e. The summed E-state index contributed by atoms with van der Waals surface area (Å²) in [5.41, 5.74) is 2.67. The number of phenolic OH excluding ortho intramolecular Hbond substituents is 2. The molecule has 0 atom stereocenters. The topological polar surface area (TPSA) is 128 Å². The summed E-state index contributed by atoms with van der Waals surface area (Å²) in [4.78, 5) is 30.4. The second kappa shape index (κ2) is 6.21. The van der Waals surface area contributed by atoms with Crippen molar-refractivity contribution >= 4 is 23.0 Å². The molecule has 3 aromatic rings. The van der Waals surface area contributed by atoms with Crippen molar-refractivity contribution in [1.82, 2.24) is 15.4 Å². The maximum atomic E-state index is 12.0. The van der Waals surface area contributed by atoms with E-state index < -0.39 is 11.5 Å². The van der Waals surface area contributed by atoms with Gasteiger partial charge in [-0.05, 0) is 35.9 Å². The van der Waals surface area contributed by atoms with Crippen molar-refractivity contribution in [2.45, 2.75) is 0 Å². The Labute approximate surface area is 135 Å². The summed E-state index contributed by atoms with van der Waals surface area (Å²) in [6, 6.07) is 10.7. The highest BCUT2D eigenvalue weighted by Crippen LogP contribution is 2.23. The maximum Gasteiger partial charge on any atom is 0.307 e. The van der Waals surface area contributed by atoms with Crippen molar-refractivity contribution in [3.63, 3.8) is 0 Å². The molecule has 0 saturated carbocycles. The standard InChI is InChI=1S/C16H12N4O4/c21-12-6-5-9(7-13(12)22)8-17-20-16(24)14-18-11-4-2-1-3-10(11)15(23)19-14/h1-8,21-22H,(H,20,24)(H,18,19,23)/b17-8+. The van der Waals surface area contributed by atoms with E-state index in [-0.39, 0.29) is 17.3 Å². The van der Waals surface area contributed by atoms with Crippen LogP contribution in [0.2, 0.25) is 0 Å². The number of hydrogen-bond acceptors (Lipinski definition) is 6. The molecule has 1 aromatic heterocycles. The van der Waals surface area contributed by atoms with Gasteiger partial charge in [0.25, 0.3) is 5.56 Å². The van der Waals surface area contributed by atoms with Gasteiger partial charge in [-0.15, -0.1) is 0 Å². The SMILES string of the molecule is O=C(N/N=C/c1ccc(O)c(O)c1)c1nc2ccccc2c(=O)[nH]1. The third-order valence-corrected chi connectivity index (χ3v) is 3.21. The first kappa shape index (κ1) is 15.2. The van der Waals surface area contributed by atoms with Crippen LogP contribution in [-0.2, 0) is 0 Å². The molecule has 0 aliphatic heterocycles. The highest BCUT2D eigenvalue weighted by Gasteiger charge is 2.10. The number of aromatic nitrogens is 2. The van der Waals surface area contributed by atoms with E-state index in [9.17, 15) is 19.8 Å². The van der Waals surface area contributed by atoms with Gasteiger partial charge in [-0.2, -0.15) is 5.10 Å². The predicted octanol–water partition coefficient (Wildman–Crippen LogP) is 1.10. The lowest BCUT2D eigenvalue weighted by molar-refractivity contribution is 0.0945. The van der Waals surface area contributed by atoms with Gasteiger partial charge in [0.05, 0.1) is 17.1 Å². The minimum atomic E-state index is -0.683. The number of benzene rings is 2. The molecule has 0 aliphatic rings. The average molecular weight is 324 g/mol. The predicted molar refractivity (Wildman–Crippen MR) is 87.2 cm³/mol. The fourth-order valence-electron chi connectivity index (χ4n) is 2.03. The van der Waals surface area contributed by atoms with Crippen LogP contribution in [0.1, 0.15) is 16.2 Å². The van der Waals surface area contributed by atoms with E-state index in [2.05, 4.69) is 20.5 Å². The molecule has 0 spiro atoms. The van der Waals surface area contributed by atoms with Crippen LogP contribution in [0.15, 0.2) is 52.4 Å². The Bertz CT molecular complexity index is 1010. The maximum absolute atomic E-state index is 12.0.